The molecule has 1 aromatic carbocycles. The van der Waals surface area contributed by atoms with Crippen molar-refractivity contribution in [1.82, 2.24) is 10.9 Å². The van der Waals surface area contributed by atoms with E-state index in [1.54, 1.807) is 18.2 Å². The number of benzene rings is 1. The Kier molecular flexibility index (Phi) is 6.26. The van der Waals surface area contributed by atoms with Gasteiger partial charge in [0.1, 0.15) is 0 Å². The Morgan fingerprint density at radius 1 is 1.25 bits per heavy atom. The fraction of sp³-hybridized carbons (Fsp3) is 0.333. The van der Waals surface area contributed by atoms with Crippen molar-refractivity contribution >= 4 is 50.9 Å². The second-order valence-corrected chi connectivity index (χ2v) is 8.50. The molecule has 6 nitrogen and oxygen atoms in total. The Morgan fingerprint density at radius 3 is 2.67 bits per heavy atom. The summed E-state index contributed by atoms with van der Waals surface area (Å²) in [6, 6.07) is 5.02. The predicted octanol–water partition coefficient (Wildman–Crippen LogP) is 1.98. The van der Waals surface area contributed by atoms with Crippen LogP contribution in [0.2, 0.25) is 10.0 Å². The van der Waals surface area contributed by atoms with Crippen LogP contribution in [0.15, 0.2) is 24.3 Å². The van der Waals surface area contributed by atoms with Crippen LogP contribution in [0.4, 0.5) is 0 Å². The molecule has 1 aromatic rings. The Balaban J connectivity index is 1.79. The average molecular weight is 391 g/mol. The van der Waals surface area contributed by atoms with Crippen molar-refractivity contribution in [3.05, 3.63) is 39.9 Å². The summed E-state index contributed by atoms with van der Waals surface area (Å²) < 4.78 is 22.7. The highest BCUT2D eigenvalue weighted by molar-refractivity contribution is 7.91. The van der Waals surface area contributed by atoms with Gasteiger partial charge in [-0.15, -0.1) is 0 Å². The molecule has 0 spiro atoms. The lowest BCUT2D eigenvalue weighted by Gasteiger charge is -2.08. The van der Waals surface area contributed by atoms with Gasteiger partial charge in [-0.2, -0.15) is 0 Å². The molecule has 2 rings (SSSR count). The Bertz CT molecular complexity index is 778. The van der Waals surface area contributed by atoms with Crippen LogP contribution in [0, 0.1) is 5.92 Å². The van der Waals surface area contributed by atoms with E-state index in [2.05, 4.69) is 10.9 Å². The van der Waals surface area contributed by atoms with Crippen molar-refractivity contribution in [1.29, 1.82) is 0 Å². The molecular formula is C15H16Cl2N2O4S. The van der Waals surface area contributed by atoms with E-state index in [0.29, 0.717) is 22.0 Å². The number of amides is 2. The van der Waals surface area contributed by atoms with Crippen LogP contribution in [0.25, 0.3) is 6.08 Å². The monoisotopic (exact) mass is 390 g/mol. The number of sulfone groups is 1. The zero-order valence-electron chi connectivity index (χ0n) is 12.6. The zero-order chi connectivity index (χ0) is 17.7. The van der Waals surface area contributed by atoms with Crippen LogP contribution in [0.1, 0.15) is 18.4 Å². The van der Waals surface area contributed by atoms with Crippen LogP contribution in [0.5, 0.6) is 0 Å². The third-order valence-electron chi connectivity index (χ3n) is 3.52. The van der Waals surface area contributed by atoms with Crippen molar-refractivity contribution in [2.45, 2.75) is 12.8 Å². The van der Waals surface area contributed by atoms with Gasteiger partial charge in [0.25, 0.3) is 5.91 Å². The molecule has 130 valence electrons. The number of carbonyl (C=O) groups excluding carboxylic acids is 2. The average Bonchev–Trinajstić information content (AvgIpc) is 2.85. The molecule has 1 heterocycles. The van der Waals surface area contributed by atoms with Crippen LogP contribution in [-0.4, -0.2) is 31.7 Å². The van der Waals surface area contributed by atoms with E-state index in [1.165, 1.54) is 12.2 Å². The maximum absolute atomic E-state index is 11.7. The Labute approximate surface area is 150 Å². The molecule has 1 aliphatic heterocycles. The lowest BCUT2D eigenvalue weighted by atomic mass is 10.1. The summed E-state index contributed by atoms with van der Waals surface area (Å²) in [6.07, 6.45) is 3.21. The number of carbonyl (C=O) groups is 2. The van der Waals surface area contributed by atoms with E-state index in [-0.39, 0.29) is 23.8 Å². The third kappa shape index (κ3) is 5.51. The van der Waals surface area contributed by atoms with Gasteiger partial charge in [-0.3, -0.25) is 20.4 Å². The van der Waals surface area contributed by atoms with Gasteiger partial charge in [-0.1, -0.05) is 35.3 Å². The van der Waals surface area contributed by atoms with Crippen molar-refractivity contribution in [3.63, 3.8) is 0 Å². The molecule has 1 aliphatic rings. The number of rotatable bonds is 4. The van der Waals surface area contributed by atoms with E-state index >= 15 is 0 Å². The van der Waals surface area contributed by atoms with E-state index in [4.69, 9.17) is 23.2 Å². The molecule has 0 bridgehead atoms. The SMILES string of the molecule is O=C(/C=C/c1cccc(Cl)c1Cl)NNC(=O)C[C@H]1CCS(=O)(=O)C1. The summed E-state index contributed by atoms with van der Waals surface area (Å²) >= 11 is 11.9. The maximum atomic E-state index is 11.7. The van der Waals surface area contributed by atoms with Gasteiger partial charge in [0.15, 0.2) is 9.84 Å². The molecule has 2 N–H and O–H groups in total. The highest BCUT2D eigenvalue weighted by atomic mass is 35.5. The summed E-state index contributed by atoms with van der Waals surface area (Å²) in [6.45, 7) is 0. The molecule has 0 saturated carbocycles. The first-order chi connectivity index (χ1) is 11.3. The minimum Gasteiger partial charge on any atom is -0.273 e. The van der Waals surface area contributed by atoms with Gasteiger partial charge < -0.3 is 0 Å². The minimum atomic E-state index is -3.02. The van der Waals surface area contributed by atoms with Gasteiger partial charge in [0.05, 0.1) is 21.6 Å². The molecule has 0 aromatic heterocycles. The first kappa shape index (κ1) is 18.8. The van der Waals surface area contributed by atoms with E-state index < -0.39 is 21.7 Å². The molecule has 9 heteroatoms. The normalized spacial score (nSPS) is 19.3. The summed E-state index contributed by atoms with van der Waals surface area (Å²) in [5.41, 5.74) is 5.06. The molecule has 2 amide bonds. The molecule has 1 fully saturated rings. The quantitative estimate of drug-likeness (QED) is 0.607. The number of hydrogen-bond donors (Lipinski definition) is 2. The van der Waals surface area contributed by atoms with Crippen molar-refractivity contribution in [2.24, 2.45) is 5.92 Å². The van der Waals surface area contributed by atoms with Gasteiger partial charge in [-0.05, 0) is 30.0 Å². The second kappa shape index (κ2) is 8.00. The number of hydrogen-bond acceptors (Lipinski definition) is 4. The first-order valence-corrected chi connectivity index (χ1v) is 9.76. The van der Waals surface area contributed by atoms with Crippen molar-refractivity contribution in [2.75, 3.05) is 11.5 Å². The molecule has 0 aliphatic carbocycles. The van der Waals surface area contributed by atoms with E-state index in [9.17, 15) is 18.0 Å². The van der Waals surface area contributed by atoms with Gasteiger partial charge in [0, 0.05) is 12.5 Å². The van der Waals surface area contributed by atoms with E-state index in [1.807, 2.05) is 0 Å². The fourth-order valence-corrected chi connectivity index (χ4v) is 4.57. The summed E-state index contributed by atoms with van der Waals surface area (Å²) in [4.78, 5) is 23.4. The molecule has 1 saturated heterocycles. The van der Waals surface area contributed by atoms with Gasteiger partial charge >= 0.3 is 0 Å². The number of halogens is 2. The lowest BCUT2D eigenvalue weighted by molar-refractivity contribution is -0.127. The molecule has 0 radical (unpaired) electrons. The molecule has 1 atom stereocenters. The number of nitrogens with one attached hydrogen (secondary N) is 2. The third-order valence-corrected chi connectivity index (χ3v) is 6.19. The largest absolute Gasteiger partial charge is 0.273 e. The lowest BCUT2D eigenvalue weighted by Crippen LogP contribution is -2.41. The highest BCUT2D eigenvalue weighted by Gasteiger charge is 2.29. The highest BCUT2D eigenvalue weighted by Crippen LogP contribution is 2.26. The zero-order valence-corrected chi connectivity index (χ0v) is 14.9. The predicted molar refractivity (Wildman–Crippen MR) is 93.2 cm³/mol. The van der Waals surface area contributed by atoms with Crippen molar-refractivity contribution in [3.8, 4) is 0 Å². The van der Waals surface area contributed by atoms with Crippen LogP contribution >= 0.6 is 23.2 Å². The topological polar surface area (TPSA) is 92.3 Å². The second-order valence-electron chi connectivity index (χ2n) is 5.49. The maximum Gasteiger partial charge on any atom is 0.262 e. The minimum absolute atomic E-state index is 0.0154. The van der Waals surface area contributed by atoms with Crippen LogP contribution in [0.3, 0.4) is 0 Å². The molecule has 0 unspecified atom stereocenters. The van der Waals surface area contributed by atoms with Crippen LogP contribution < -0.4 is 10.9 Å². The fourth-order valence-electron chi connectivity index (χ4n) is 2.33. The van der Waals surface area contributed by atoms with Crippen LogP contribution in [-0.2, 0) is 19.4 Å². The standard InChI is InChI=1S/C15H16Cl2N2O4S/c16-12-3-1-2-11(15(12)17)4-5-13(20)18-19-14(21)8-10-6-7-24(22,23)9-10/h1-5,10H,6-9H2,(H,18,20)(H,19,21)/b5-4+/t10-/m1/s1. The van der Waals surface area contributed by atoms with Crippen molar-refractivity contribution < 1.29 is 18.0 Å². The smallest absolute Gasteiger partial charge is 0.262 e. The molecular weight excluding hydrogens is 375 g/mol. The van der Waals surface area contributed by atoms with E-state index in [0.717, 1.165) is 0 Å². The summed E-state index contributed by atoms with van der Waals surface area (Å²) in [5, 5.41) is 0.703. The van der Waals surface area contributed by atoms with Gasteiger partial charge in [-0.25, -0.2) is 8.42 Å². The number of hydrazine groups is 1. The summed E-state index contributed by atoms with van der Waals surface area (Å²) in [5.74, 6) is -1.05. The van der Waals surface area contributed by atoms with Gasteiger partial charge in [0.2, 0.25) is 5.91 Å². The Morgan fingerprint density at radius 2 is 2.00 bits per heavy atom. The first-order valence-electron chi connectivity index (χ1n) is 7.18. The molecule has 24 heavy (non-hydrogen) atoms. The Hall–Kier alpha value is -1.57. The summed E-state index contributed by atoms with van der Waals surface area (Å²) in [7, 11) is -3.02.